The summed E-state index contributed by atoms with van der Waals surface area (Å²) in [6, 6.07) is 12.6. The fourth-order valence-electron chi connectivity index (χ4n) is 2.85. The summed E-state index contributed by atoms with van der Waals surface area (Å²) in [4.78, 5) is 0. The molecule has 1 N–H and O–H groups in total. The summed E-state index contributed by atoms with van der Waals surface area (Å²) < 4.78 is 5.79. The van der Waals surface area contributed by atoms with Crippen LogP contribution in [0.1, 0.15) is 44.3 Å². The monoisotopic (exact) mass is 319 g/mol. The van der Waals surface area contributed by atoms with Gasteiger partial charge in [-0.1, -0.05) is 37.6 Å². The van der Waals surface area contributed by atoms with Crippen molar-refractivity contribution in [3.63, 3.8) is 0 Å². The van der Waals surface area contributed by atoms with Crippen LogP contribution >= 0.6 is 11.6 Å². The number of benzene rings is 1. The Morgan fingerprint density at radius 3 is 2.41 bits per heavy atom. The Hall–Kier alpha value is -1.25. The molecule has 0 aliphatic heterocycles. The van der Waals surface area contributed by atoms with Crippen LogP contribution in [-0.2, 0) is 11.8 Å². The van der Waals surface area contributed by atoms with Crippen LogP contribution < -0.4 is 5.32 Å². The molecule has 1 aromatic carbocycles. The van der Waals surface area contributed by atoms with Crippen LogP contribution in [0.5, 0.6) is 0 Å². The Kier molecular flexibility index (Phi) is 5.71. The van der Waals surface area contributed by atoms with E-state index in [1.165, 1.54) is 5.56 Å². The van der Waals surface area contributed by atoms with Crippen molar-refractivity contribution in [2.45, 2.75) is 52.0 Å². The highest BCUT2D eigenvalue weighted by atomic mass is 35.5. The molecule has 0 aliphatic rings. The first-order chi connectivity index (χ1) is 10.4. The number of aryl methyl sites for hydroxylation is 1. The van der Waals surface area contributed by atoms with E-state index in [1.807, 2.05) is 25.1 Å². The van der Waals surface area contributed by atoms with Crippen molar-refractivity contribution in [3.05, 3.63) is 58.5 Å². The number of rotatable bonds is 7. The molecule has 0 fully saturated rings. The predicted molar refractivity (Wildman–Crippen MR) is 93.7 cm³/mol. The highest BCUT2D eigenvalue weighted by molar-refractivity contribution is 6.30. The lowest BCUT2D eigenvalue weighted by Crippen LogP contribution is -2.34. The lowest BCUT2D eigenvalue weighted by Gasteiger charge is -2.26. The minimum absolute atomic E-state index is 0.0426. The van der Waals surface area contributed by atoms with Crippen LogP contribution in [0.15, 0.2) is 40.8 Å². The van der Waals surface area contributed by atoms with Crippen molar-refractivity contribution >= 4 is 11.6 Å². The van der Waals surface area contributed by atoms with Gasteiger partial charge in [-0.05, 0) is 63.1 Å². The van der Waals surface area contributed by atoms with Crippen LogP contribution in [-0.4, -0.2) is 12.6 Å². The van der Waals surface area contributed by atoms with E-state index in [-0.39, 0.29) is 5.41 Å². The SMILES string of the molecule is Cc1ccc(C(C)(C)CC(C)NCCc2ccc(Cl)cc2)o1. The zero-order valence-electron chi connectivity index (χ0n) is 13.9. The van der Waals surface area contributed by atoms with Crippen LogP contribution in [0, 0.1) is 6.92 Å². The van der Waals surface area contributed by atoms with Gasteiger partial charge < -0.3 is 9.73 Å². The smallest absolute Gasteiger partial charge is 0.109 e. The molecule has 0 aliphatic carbocycles. The molecule has 0 amide bonds. The lowest BCUT2D eigenvalue weighted by molar-refractivity contribution is 0.320. The maximum absolute atomic E-state index is 5.90. The van der Waals surface area contributed by atoms with Gasteiger partial charge in [-0.15, -0.1) is 0 Å². The third-order valence-electron chi connectivity index (χ3n) is 4.04. The molecule has 0 radical (unpaired) electrons. The fraction of sp³-hybridized carbons (Fsp3) is 0.474. The Bertz CT molecular complexity index is 586. The molecule has 2 aromatic rings. The van der Waals surface area contributed by atoms with E-state index in [1.54, 1.807) is 0 Å². The standard InChI is InChI=1S/C19H26ClNO/c1-14(13-19(3,4)18-10-5-15(2)22-18)21-12-11-16-6-8-17(20)9-7-16/h5-10,14,21H,11-13H2,1-4H3. The fourth-order valence-corrected chi connectivity index (χ4v) is 2.98. The van der Waals surface area contributed by atoms with Crippen LogP contribution in [0.2, 0.25) is 5.02 Å². The molecule has 0 saturated carbocycles. The summed E-state index contributed by atoms with van der Waals surface area (Å²) in [7, 11) is 0. The van der Waals surface area contributed by atoms with Gasteiger partial charge in [0.05, 0.1) is 0 Å². The third kappa shape index (κ3) is 4.89. The van der Waals surface area contributed by atoms with E-state index >= 15 is 0 Å². The Balaban J connectivity index is 1.80. The van der Waals surface area contributed by atoms with Crippen LogP contribution in [0.4, 0.5) is 0 Å². The largest absolute Gasteiger partial charge is 0.466 e. The Morgan fingerprint density at radius 2 is 1.82 bits per heavy atom. The molecule has 3 heteroatoms. The van der Waals surface area contributed by atoms with Gasteiger partial charge in [-0.2, -0.15) is 0 Å². The second kappa shape index (κ2) is 7.34. The second-order valence-corrected chi connectivity index (χ2v) is 7.17. The Morgan fingerprint density at radius 1 is 1.14 bits per heavy atom. The average molecular weight is 320 g/mol. The average Bonchev–Trinajstić information content (AvgIpc) is 2.88. The first kappa shape index (κ1) is 17.1. The maximum Gasteiger partial charge on any atom is 0.109 e. The zero-order chi connectivity index (χ0) is 16.2. The van der Waals surface area contributed by atoms with Crippen molar-refractivity contribution in [1.82, 2.24) is 5.32 Å². The van der Waals surface area contributed by atoms with Gasteiger partial charge in [0, 0.05) is 16.5 Å². The summed E-state index contributed by atoms with van der Waals surface area (Å²) in [5.41, 5.74) is 1.35. The molecule has 0 saturated heterocycles. The number of hydrogen-bond acceptors (Lipinski definition) is 2. The first-order valence-corrected chi connectivity index (χ1v) is 8.29. The van der Waals surface area contributed by atoms with E-state index in [9.17, 15) is 0 Å². The topological polar surface area (TPSA) is 25.2 Å². The van der Waals surface area contributed by atoms with Gasteiger partial charge in [0.25, 0.3) is 0 Å². The maximum atomic E-state index is 5.90. The number of hydrogen-bond donors (Lipinski definition) is 1. The molecular formula is C19H26ClNO. The van der Waals surface area contributed by atoms with E-state index in [2.05, 4.69) is 44.3 Å². The van der Waals surface area contributed by atoms with Crippen LogP contribution in [0.25, 0.3) is 0 Å². The van der Waals surface area contributed by atoms with Gasteiger partial charge in [0.15, 0.2) is 0 Å². The molecule has 0 spiro atoms. The molecule has 1 atom stereocenters. The third-order valence-corrected chi connectivity index (χ3v) is 4.30. The summed E-state index contributed by atoms with van der Waals surface area (Å²) >= 11 is 5.90. The van der Waals surface area contributed by atoms with Gasteiger partial charge >= 0.3 is 0 Å². The van der Waals surface area contributed by atoms with Crippen molar-refractivity contribution in [1.29, 1.82) is 0 Å². The van der Waals surface area contributed by atoms with E-state index < -0.39 is 0 Å². The summed E-state index contributed by atoms with van der Waals surface area (Å²) in [6.45, 7) is 9.67. The van der Waals surface area contributed by atoms with Gasteiger partial charge in [-0.25, -0.2) is 0 Å². The van der Waals surface area contributed by atoms with Crippen LogP contribution in [0.3, 0.4) is 0 Å². The predicted octanol–water partition coefficient (Wildman–Crippen LogP) is 5.13. The number of nitrogens with one attached hydrogen (secondary N) is 1. The van der Waals surface area contributed by atoms with Crippen molar-refractivity contribution in [3.8, 4) is 0 Å². The minimum Gasteiger partial charge on any atom is -0.466 e. The number of halogens is 1. The van der Waals surface area contributed by atoms with E-state index in [4.69, 9.17) is 16.0 Å². The highest BCUT2D eigenvalue weighted by Gasteiger charge is 2.26. The van der Waals surface area contributed by atoms with E-state index in [0.717, 1.165) is 35.9 Å². The van der Waals surface area contributed by atoms with Gasteiger partial charge in [0.1, 0.15) is 11.5 Å². The lowest BCUT2D eigenvalue weighted by atomic mass is 9.83. The molecule has 1 aromatic heterocycles. The molecule has 0 bridgehead atoms. The van der Waals surface area contributed by atoms with Crippen molar-refractivity contribution in [2.75, 3.05) is 6.54 Å². The quantitative estimate of drug-likeness (QED) is 0.765. The minimum atomic E-state index is 0.0426. The molecule has 1 unspecified atom stereocenters. The molecule has 120 valence electrons. The van der Waals surface area contributed by atoms with Crippen molar-refractivity contribution in [2.24, 2.45) is 0 Å². The summed E-state index contributed by atoms with van der Waals surface area (Å²) in [5, 5.41) is 4.40. The zero-order valence-corrected chi connectivity index (χ0v) is 14.7. The Labute approximate surface area is 138 Å². The summed E-state index contributed by atoms with van der Waals surface area (Å²) in [5.74, 6) is 2.04. The summed E-state index contributed by atoms with van der Waals surface area (Å²) in [6.07, 6.45) is 2.06. The number of furan rings is 1. The molecule has 2 rings (SSSR count). The van der Waals surface area contributed by atoms with Crippen molar-refractivity contribution < 1.29 is 4.42 Å². The highest BCUT2D eigenvalue weighted by Crippen LogP contribution is 2.29. The normalized spacial score (nSPS) is 13.3. The second-order valence-electron chi connectivity index (χ2n) is 6.73. The molecule has 22 heavy (non-hydrogen) atoms. The van der Waals surface area contributed by atoms with E-state index in [0.29, 0.717) is 6.04 Å². The van der Waals surface area contributed by atoms with Gasteiger partial charge in [0.2, 0.25) is 0 Å². The molecule has 1 heterocycles. The first-order valence-electron chi connectivity index (χ1n) is 7.91. The molecular weight excluding hydrogens is 294 g/mol. The molecule has 2 nitrogen and oxygen atoms in total. The van der Waals surface area contributed by atoms with Gasteiger partial charge in [-0.3, -0.25) is 0 Å².